The molecule has 0 aromatic rings. The van der Waals surface area contributed by atoms with Crippen LogP contribution in [0.3, 0.4) is 0 Å². The number of hydrogen-bond donors (Lipinski definition) is 0. The molecule has 0 bridgehead atoms. The molecule has 0 spiro atoms. The Morgan fingerprint density at radius 1 is 0.269 bits per heavy atom. The maximum absolute atomic E-state index is 12.9. The van der Waals surface area contributed by atoms with Crippen LogP contribution in [0.4, 0.5) is 0 Å². The first-order chi connectivity index (χ1) is 38.5. The molecule has 0 aliphatic rings. The Labute approximate surface area is 484 Å². The lowest BCUT2D eigenvalue weighted by Crippen LogP contribution is -2.30. The fraction of sp³-hybridized carbons (Fsp3) is 0.764. The van der Waals surface area contributed by atoms with Crippen LogP contribution in [0.5, 0.6) is 0 Å². The zero-order chi connectivity index (χ0) is 56.4. The van der Waals surface area contributed by atoms with Crippen molar-refractivity contribution in [3.05, 3.63) is 85.1 Å². The molecule has 6 heteroatoms. The zero-order valence-corrected chi connectivity index (χ0v) is 51.7. The van der Waals surface area contributed by atoms with E-state index >= 15 is 0 Å². The van der Waals surface area contributed by atoms with Gasteiger partial charge in [0.15, 0.2) is 6.10 Å². The van der Waals surface area contributed by atoms with Crippen molar-refractivity contribution in [2.45, 2.75) is 341 Å². The number of rotatable bonds is 61. The molecule has 0 aromatic carbocycles. The third-order valence-corrected chi connectivity index (χ3v) is 14.6. The van der Waals surface area contributed by atoms with Crippen molar-refractivity contribution >= 4 is 17.9 Å². The molecule has 6 nitrogen and oxygen atoms in total. The smallest absolute Gasteiger partial charge is 0.306 e. The van der Waals surface area contributed by atoms with Crippen LogP contribution in [0.2, 0.25) is 0 Å². The lowest BCUT2D eigenvalue weighted by molar-refractivity contribution is -0.167. The Kier molecular flexibility index (Phi) is 63.2. The topological polar surface area (TPSA) is 78.9 Å². The summed E-state index contributed by atoms with van der Waals surface area (Å²) < 4.78 is 16.9. The average molecular weight is 1090 g/mol. The van der Waals surface area contributed by atoms with E-state index in [1.165, 1.54) is 193 Å². The fourth-order valence-corrected chi connectivity index (χ4v) is 9.57. The predicted octanol–water partition coefficient (Wildman–Crippen LogP) is 23.1. The second-order valence-corrected chi connectivity index (χ2v) is 22.3. The molecule has 0 amide bonds. The van der Waals surface area contributed by atoms with Crippen LogP contribution < -0.4 is 0 Å². The normalized spacial score (nSPS) is 12.6. The van der Waals surface area contributed by atoms with Crippen LogP contribution in [-0.4, -0.2) is 37.2 Å². The Morgan fingerprint density at radius 3 is 0.833 bits per heavy atom. The number of carbonyl (C=O) groups excluding carboxylic acids is 3. The zero-order valence-electron chi connectivity index (χ0n) is 51.7. The quantitative estimate of drug-likeness (QED) is 0.0261. The van der Waals surface area contributed by atoms with Crippen molar-refractivity contribution in [3.63, 3.8) is 0 Å². The van der Waals surface area contributed by atoms with Crippen molar-refractivity contribution in [2.75, 3.05) is 13.2 Å². The summed E-state index contributed by atoms with van der Waals surface area (Å²) in [6.07, 6.45) is 87.4. The van der Waals surface area contributed by atoms with Gasteiger partial charge in [-0.3, -0.25) is 14.4 Å². The highest BCUT2D eigenvalue weighted by Gasteiger charge is 2.19. The summed E-state index contributed by atoms with van der Waals surface area (Å²) in [5, 5.41) is 0. The molecular weight excluding hydrogens is 961 g/mol. The highest BCUT2D eigenvalue weighted by atomic mass is 16.6. The third kappa shape index (κ3) is 63.4. The van der Waals surface area contributed by atoms with Gasteiger partial charge >= 0.3 is 17.9 Å². The molecule has 0 aliphatic heterocycles. The highest BCUT2D eigenvalue weighted by molar-refractivity contribution is 5.71. The van der Waals surface area contributed by atoms with Gasteiger partial charge in [-0.05, 0) is 109 Å². The summed E-state index contributed by atoms with van der Waals surface area (Å²) in [6, 6.07) is 0. The molecule has 0 N–H and O–H groups in total. The van der Waals surface area contributed by atoms with E-state index in [2.05, 4.69) is 106 Å². The lowest BCUT2D eigenvalue weighted by atomic mass is 10.0. The highest BCUT2D eigenvalue weighted by Crippen LogP contribution is 2.17. The van der Waals surface area contributed by atoms with Crippen molar-refractivity contribution in [1.82, 2.24) is 0 Å². The maximum atomic E-state index is 12.9. The Bertz CT molecular complexity index is 1480. The average Bonchev–Trinajstić information content (AvgIpc) is 3.44. The van der Waals surface area contributed by atoms with Crippen LogP contribution in [0, 0.1) is 0 Å². The van der Waals surface area contributed by atoms with Gasteiger partial charge in [-0.25, -0.2) is 0 Å². The number of ether oxygens (including phenoxy) is 3. The monoisotopic (exact) mass is 1090 g/mol. The van der Waals surface area contributed by atoms with E-state index in [1.807, 2.05) is 0 Å². The molecule has 0 radical (unpaired) electrons. The van der Waals surface area contributed by atoms with Crippen molar-refractivity contribution in [2.24, 2.45) is 0 Å². The van der Waals surface area contributed by atoms with Gasteiger partial charge in [0.25, 0.3) is 0 Å². The van der Waals surface area contributed by atoms with Crippen LogP contribution >= 0.6 is 0 Å². The fourth-order valence-electron chi connectivity index (χ4n) is 9.57. The van der Waals surface area contributed by atoms with Crippen LogP contribution in [-0.2, 0) is 28.6 Å². The molecule has 0 rings (SSSR count). The summed E-state index contributed by atoms with van der Waals surface area (Å²) in [5.41, 5.74) is 0. The van der Waals surface area contributed by atoms with Gasteiger partial charge in [0.05, 0.1) is 0 Å². The molecule has 0 aromatic heterocycles. The van der Waals surface area contributed by atoms with Crippen molar-refractivity contribution in [3.8, 4) is 0 Å². The minimum atomic E-state index is -0.784. The van der Waals surface area contributed by atoms with Gasteiger partial charge < -0.3 is 14.2 Å². The molecule has 1 unspecified atom stereocenters. The third-order valence-electron chi connectivity index (χ3n) is 14.6. The molecule has 0 saturated heterocycles. The molecule has 450 valence electrons. The molecule has 0 heterocycles. The van der Waals surface area contributed by atoms with Crippen LogP contribution in [0.15, 0.2) is 85.1 Å². The second kappa shape index (κ2) is 66.1. The minimum absolute atomic E-state index is 0.0799. The van der Waals surface area contributed by atoms with Crippen molar-refractivity contribution < 1.29 is 28.6 Å². The maximum Gasteiger partial charge on any atom is 0.306 e. The van der Waals surface area contributed by atoms with E-state index in [-0.39, 0.29) is 31.1 Å². The van der Waals surface area contributed by atoms with E-state index in [9.17, 15) is 14.4 Å². The summed E-state index contributed by atoms with van der Waals surface area (Å²) in [5.74, 6) is -0.883. The SMILES string of the molecule is CC/C=C\C/C=C\C/C=C\C/C=C\CCCCCCCCCCCCCCCCCCC(=O)OCC(COC(=O)CCCCCCC/C=C\C/C=C\CCCC)OC(=O)CCCCCCCCC/C=C\CCCCCCCC. The molecule has 0 fully saturated rings. The van der Waals surface area contributed by atoms with Gasteiger partial charge in [0, 0.05) is 19.3 Å². The summed E-state index contributed by atoms with van der Waals surface area (Å²) in [4.78, 5) is 38.3. The first-order valence-electron chi connectivity index (χ1n) is 33.6. The molecular formula is C72H126O6. The molecule has 0 aliphatic carbocycles. The second-order valence-electron chi connectivity index (χ2n) is 22.3. The Morgan fingerprint density at radius 2 is 0.513 bits per heavy atom. The molecule has 0 saturated carbocycles. The number of carbonyl (C=O) groups is 3. The van der Waals surface area contributed by atoms with Gasteiger partial charge in [-0.2, -0.15) is 0 Å². The number of allylic oxidation sites excluding steroid dienone is 14. The van der Waals surface area contributed by atoms with Gasteiger partial charge in [-0.1, -0.05) is 292 Å². The summed E-state index contributed by atoms with van der Waals surface area (Å²) in [7, 11) is 0. The lowest BCUT2D eigenvalue weighted by Gasteiger charge is -2.18. The van der Waals surface area contributed by atoms with E-state index < -0.39 is 6.10 Å². The number of unbranched alkanes of at least 4 members (excludes halogenated alkanes) is 36. The van der Waals surface area contributed by atoms with Gasteiger partial charge in [0.2, 0.25) is 0 Å². The number of esters is 3. The van der Waals surface area contributed by atoms with E-state index in [0.29, 0.717) is 19.3 Å². The predicted molar refractivity (Wildman–Crippen MR) is 339 cm³/mol. The van der Waals surface area contributed by atoms with Gasteiger partial charge in [-0.15, -0.1) is 0 Å². The van der Waals surface area contributed by atoms with E-state index in [0.717, 1.165) is 103 Å². The number of hydrogen-bond acceptors (Lipinski definition) is 6. The van der Waals surface area contributed by atoms with Crippen LogP contribution in [0.1, 0.15) is 335 Å². The Hall–Kier alpha value is -3.41. The first-order valence-corrected chi connectivity index (χ1v) is 33.6. The van der Waals surface area contributed by atoms with Gasteiger partial charge in [0.1, 0.15) is 13.2 Å². The van der Waals surface area contributed by atoms with Crippen LogP contribution in [0.25, 0.3) is 0 Å². The molecule has 78 heavy (non-hydrogen) atoms. The van der Waals surface area contributed by atoms with Crippen molar-refractivity contribution in [1.29, 1.82) is 0 Å². The Balaban J connectivity index is 4.24. The summed E-state index contributed by atoms with van der Waals surface area (Å²) in [6.45, 7) is 6.51. The minimum Gasteiger partial charge on any atom is -0.462 e. The first kappa shape index (κ1) is 74.6. The van der Waals surface area contributed by atoms with E-state index in [1.54, 1.807) is 0 Å². The summed E-state index contributed by atoms with van der Waals surface area (Å²) >= 11 is 0. The molecule has 1 atom stereocenters. The largest absolute Gasteiger partial charge is 0.462 e. The standard InChI is InChI=1S/C72H126O6/c1-4-7-10-13-16-19-22-25-28-30-31-32-33-34-35-36-37-38-39-40-41-43-44-47-50-53-56-59-62-65-71(74)77-68-69(67-76-70(73)64-61-58-55-52-49-46-27-24-21-18-15-12-9-6-3)78-72(75)66-63-60-57-54-51-48-45-42-29-26-23-20-17-14-11-8-5-2/h7,10,15-16,18-19,24-29,31-32,69H,4-6,8-9,11-14,17,20-23,30,33-68H2,1-3H3/b10-7-,18-15-,19-16-,27-24-,28-25-,29-26-,32-31-. The van der Waals surface area contributed by atoms with E-state index in [4.69, 9.17) is 14.2 Å².